The van der Waals surface area contributed by atoms with Gasteiger partial charge in [0, 0.05) is 11.3 Å². The summed E-state index contributed by atoms with van der Waals surface area (Å²) in [5, 5.41) is 7.81. The SMILES string of the molecule is CNCC(=O)Nc1ccc(C(=O)NCC(=O)OC)cc1. The maximum absolute atomic E-state index is 11.7. The van der Waals surface area contributed by atoms with Gasteiger partial charge in [0.1, 0.15) is 6.54 Å². The molecule has 0 aliphatic rings. The molecule has 1 aromatic carbocycles. The first-order valence-electron chi connectivity index (χ1n) is 5.96. The summed E-state index contributed by atoms with van der Waals surface area (Å²) in [5.74, 6) is -1.08. The van der Waals surface area contributed by atoms with Crippen LogP contribution in [0.2, 0.25) is 0 Å². The molecule has 108 valence electrons. The number of benzene rings is 1. The number of likely N-dealkylation sites (N-methyl/N-ethyl adjacent to an activating group) is 1. The molecule has 20 heavy (non-hydrogen) atoms. The molecule has 0 unspecified atom stereocenters. The fraction of sp³-hybridized carbons (Fsp3) is 0.308. The van der Waals surface area contributed by atoms with Gasteiger partial charge in [-0.1, -0.05) is 0 Å². The Labute approximate surface area is 116 Å². The molecule has 1 aromatic rings. The predicted octanol–water partition coefficient (Wildman–Crippen LogP) is -0.253. The second kappa shape index (κ2) is 7.90. The van der Waals surface area contributed by atoms with Gasteiger partial charge in [-0.2, -0.15) is 0 Å². The van der Waals surface area contributed by atoms with Gasteiger partial charge in [-0.25, -0.2) is 0 Å². The van der Waals surface area contributed by atoms with Crippen LogP contribution < -0.4 is 16.0 Å². The van der Waals surface area contributed by atoms with Gasteiger partial charge in [0.2, 0.25) is 5.91 Å². The molecule has 1 rings (SSSR count). The molecule has 0 bridgehead atoms. The average molecular weight is 279 g/mol. The molecule has 2 amide bonds. The summed E-state index contributed by atoms with van der Waals surface area (Å²) in [4.78, 5) is 33.9. The van der Waals surface area contributed by atoms with E-state index >= 15 is 0 Å². The van der Waals surface area contributed by atoms with E-state index in [0.717, 1.165) is 0 Å². The van der Waals surface area contributed by atoms with Crippen LogP contribution in [-0.2, 0) is 14.3 Å². The summed E-state index contributed by atoms with van der Waals surface area (Å²) < 4.78 is 4.42. The van der Waals surface area contributed by atoms with Crippen molar-refractivity contribution in [2.24, 2.45) is 0 Å². The smallest absolute Gasteiger partial charge is 0.325 e. The molecule has 0 aromatic heterocycles. The number of ether oxygens (including phenoxy) is 1. The predicted molar refractivity (Wildman–Crippen MR) is 73.3 cm³/mol. The third-order valence-corrected chi connectivity index (χ3v) is 2.39. The van der Waals surface area contributed by atoms with Gasteiger partial charge in [-0.3, -0.25) is 14.4 Å². The minimum absolute atomic E-state index is 0.171. The number of hydrogen-bond donors (Lipinski definition) is 3. The Hall–Kier alpha value is -2.41. The van der Waals surface area contributed by atoms with Gasteiger partial charge >= 0.3 is 5.97 Å². The number of amides is 2. The van der Waals surface area contributed by atoms with Crippen LogP contribution >= 0.6 is 0 Å². The molecule has 0 spiro atoms. The van der Waals surface area contributed by atoms with Crippen LogP contribution in [-0.4, -0.2) is 45.0 Å². The van der Waals surface area contributed by atoms with E-state index in [-0.39, 0.29) is 24.9 Å². The molecular formula is C13H17N3O4. The second-order valence-corrected chi connectivity index (χ2v) is 3.91. The van der Waals surface area contributed by atoms with E-state index in [1.165, 1.54) is 7.11 Å². The van der Waals surface area contributed by atoms with Crippen molar-refractivity contribution in [2.75, 3.05) is 32.6 Å². The molecule has 0 aliphatic carbocycles. The number of hydrogen-bond acceptors (Lipinski definition) is 5. The Bertz CT molecular complexity index is 485. The number of anilines is 1. The lowest BCUT2D eigenvalue weighted by molar-refractivity contribution is -0.139. The molecule has 3 N–H and O–H groups in total. The monoisotopic (exact) mass is 279 g/mol. The van der Waals surface area contributed by atoms with Crippen LogP contribution in [0, 0.1) is 0 Å². The quantitative estimate of drug-likeness (QED) is 0.624. The van der Waals surface area contributed by atoms with Gasteiger partial charge in [0.05, 0.1) is 13.7 Å². The Morgan fingerprint density at radius 2 is 1.75 bits per heavy atom. The van der Waals surface area contributed by atoms with Gasteiger partial charge < -0.3 is 20.7 Å². The van der Waals surface area contributed by atoms with E-state index in [2.05, 4.69) is 20.7 Å². The number of carbonyl (C=O) groups is 3. The van der Waals surface area contributed by atoms with Crippen molar-refractivity contribution >= 4 is 23.5 Å². The van der Waals surface area contributed by atoms with E-state index in [4.69, 9.17) is 0 Å². The molecule has 0 aliphatic heterocycles. The Kier molecular flexibility index (Phi) is 6.18. The van der Waals surface area contributed by atoms with Crippen molar-refractivity contribution in [2.45, 2.75) is 0 Å². The van der Waals surface area contributed by atoms with Crippen LogP contribution in [0.5, 0.6) is 0 Å². The normalized spacial score (nSPS) is 9.70. The molecule has 0 saturated carbocycles. The van der Waals surface area contributed by atoms with Crippen molar-refractivity contribution in [3.63, 3.8) is 0 Å². The molecule has 7 heteroatoms. The highest BCUT2D eigenvalue weighted by atomic mass is 16.5. The van der Waals surface area contributed by atoms with Crippen LogP contribution in [0.25, 0.3) is 0 Å². The van der Waals surface area contributed by atoms with Crippen LogP contribution in [0.15, 0.2) is 24.3 Å². The first-order valence-corrected chi connectivity index (χ1v) is 5.96. The van der Waals surface area contributed by atoms with Gasteiger partial charge in [0.25, 0.3) is 5.91 Å². The Morgan fingerprint density at radius 3 is 2.30 bits per heavy atom. The Balaban J connectivity index is 2.55. The number of esters is 1. The fourth-order valence-electron chi connectivity index (χ4n) is 1.40. The number of carbonyl (C=O) groups excluding carboxylic acids is 3. The minimum atomic E-state index is -0.519. The van der Waals surface area contributed by atoms with Crippen molar-refractivity contribution in [3.8, 4) is 0 Å². The first-order chi connectivity index (χ1) is 9.56. The maximum atomic E-state index is 11.7. The highest BCUT2D eigenvalue weighted by molar-refractivity contribution is 5.97. The third-order valence-electron chi connectivity index (χ3n) is 2.39. The molecule has 7 nitrogen and oxygen atoms in total. The lowest BCUT2D eigenvalue weighted by Gasteiger charge is -2.07. The van der Waals surface area contributed by atoms with Crippen molar-refractivity contribution in [1.29, 1.82) is 0 Å². The zero-order chi connectivity index (χ0) is 15.0. The summed E-state index contributed by atoms with van der Waals surface area (Å²) >= 11 is 0. The third kappa shape index (κ3) is 5.07. The largest absolute Gasteiger partial charge is 0.468 e. The van der Waals surface area contributed by atoms with Crippen molar-refractivity contribution in [1.82, 2.24) is 10.6 Å². The van der Waals surface area contributed by atoms with Gasteiger partial charge in [-0.05, 0) is 31.3 Å². The second-order valence-electron chi connectivity index (χ2n) is 3.91. The van der Waals surface area contributed by atoms with Crippen LogP contribution in [0.3, 0.4) is 0 Å². The summed E-state index contributed by atoms with van der Waals surface area (Å²) in [6.07, 6.45) is 0. The average Bonchev–Trinajstić information content (AvgIpc) is 2.45. The summed E-state index contributed by atoms with van der Waals surface area (Å²) in [6, 6.07) is 6.34. The standard InChI is InChI=1S/C13H17N3O4/c1-14-7-11(17)16-10-5-3-9(4-6-10)13(19)15-8-12(18)20-2/h3-6,14H,7-8H2,1-2H3,(H,15,19)(H,16,17). The zero-order valence-corrected chi connectivity index (χ0v) is 11.4. The molecular weight excluding hydrogens is 262 g/mol. The van der Waals surface area contributed by atoms with E-state index in [1.54, 1.807) is 31.3 Å². The van der Waals surface area contributed by atoms with E-state index < -0.39 is 5.97 Å². The maximum Gasteiger partial charge on any atom is 0.325 e. The van der Waals surface area contributed by atoms with Crippen molar-refractivity contribution in [3.05, 3.63) is 29.8 Å². The highest BCUT2D eigenvalue weighted by Crippen LogP contribution is 2.09. The lowest BCUT2D eigenvalue weighted by atomic mass is 10.2. The molecule has 0 radical (unpaired) electrons. The van der Waals surface area contributed by atoms with Crippen LogP contribution in [0.1, 0.15) is 10.4 Å². The van der Waals surface area contributed by atoms with E-state index in [9.17, 15) is 14.4 Å². The summed E-state index contributed by atoms with van der Waals surface area (Å²) in [6.45, 7) is 0.0252. The van der Waals surface area contributed by atoms with E-state index in [0.29, 0.717) is 11.3 Å². The van der Waals surface area contributed by atoms with Gasteiger partial charge in [-0.15, -0.1) is 0 Å². The number of rotatable bonds is 6. The first kappa shape index (κ1) is 15.6. The zero-order valence-electron chi connectivity index (χ0n) is 11.4. The summed E-state index contributed by atoms with van der Waals surface area (Å²) in [5.41, 5.74) is 0.982. The lowest BCUT2D eigenvalue weighted by Crippen LogP contribution is -2.30. The number of nitrogens with one attached hydrogen (secondary N) is 3. The molecule has 0 fully saturated rings. The molecule has 0 saturated heterocycles. The molecule has 0 heterocycles. The van der Waals surface area contributed by atoms with Gasteiger partial charge in [0.15, 0.2) is 0 Å². The van der Waals surface area contributed by atoms with Crippen molar-refractivity contribution < 1.29 is 19.1 Å². The Morgan fingerprint density at radius 1 is 1.10 bits per heavy atom. The topological polar surface area (TPSA) is 96.5 Å². The molecule has 0 atom stereocenters. The minimum Gasteiger partial charge on any atom is -0.468 e. The fourth-order valence-corrected chi connectivity index (χ4v) is 1.40. The summed E-state index contributed by atoms with van der Waals surface area (Å²) in [7, 11) is 2.92. The highest BCUT2D eigenvalue weighted by Gasteiger charge is 2.08. The van der Waals surface area contributed by atoms with E-state index in [1.807, 2.05) is 0 Å². The number of methoxy groups -OCH3 is 1. The van der Waals surface area contributed by atoms with Crippen LogP contribution in [0.4, 0.5) is 5.69 Å².